The molecule has 2 heterocycles. The van der Waals surface area contributed by atoms with Gasteiger partial charge in [-0.2, -0.15) is 5.26 Å². The number of hydrogen-bond acceptors (Lipinski definition) is 5. The van der Waals surface area contributed by atoms with Crippen molar-refractivity contribution in [3.8, 4) is 11.8 Å². The first-order valence-electron chi connectivity index (χ1n) is 5.55. The molecule has 6 heteroatoms. The molecule has 6 nitrogen and oxygen atoms in total. The number of pyridine rings is 1. The van der Waals surface area contributed by atoms with Crippen LogP contribution in [0.2, 0.25) is 0 Å². The number of methoxy groups -OCH3 is 1. The number of anilines is 1. The first-order chi connectivity index (χ1) is 8.69. The Hall–Kier alpha value is -2.13. The van der Waals surface area contributed by atoms with E-state index in [2.05, 4.69) is 4.98 Å². The minimum atomic E-state index is -0.0756. The molecule has 18 heavy (non-hydrogen) atoms. The fourth-order valence-corrected chi connectivity index (χ4v) is 1.95. The Bertz CT molecular complexity index is 510. The van der Waals surface area contributed by atoms with Crippen LogP contribution in [0.3, 0.4) is 0 Å². The Labute approximate surface area is 104 Å². The number of aliphatic hydroxyl groups is 1. The molecular weight excluding hydrogens is 234 g/mol. The number of carbonyl (C=O) groups excluding carboxylic acids is 1. The maximum absolute atomic E-state index is 11.8. The van der Waals surface area contributed by atoms with Crippen molar-refractivity contribution in [1.82, 2.24) is 4.98 Å². The van der Waals surface area contributed by atoms with Crippen LogP contribution in [0.15, 0.2) is 12.3 Å². The normalized spacial score (nSPS) is 18.8. The molecule has 1 aliphatic rings. The van der Waals surface area contributed by atoms with E-state index in [1.54, 1.807) is 6.07 Å². The Morgan fingerprint density at radius 1 is 1.72 bits per heavy atom. The molecule has 0 aromatic carbocycles. The molecule has 0 saturated carbocycles. The number of carbonyl (C=O) groups is 1. The summed E-state index contributed by atoms with van der Waals surface area (Å²) in [7, 11) is 1.46. The third-order valence-electron chi connectivity index (χ3n) is 2.93. The number of aromatic nitrogens is 1. The predicted molar refractivity (Wildman–Crippen MR) is 63.0 cm³/mol. The fraction of sp³-hybridized carbons (Fsp3) is 0.417. The largest absolute Gasteiger partial charge is 0.495 e. The summed E-state index contributed by atoms with van der Waals surface area (Å²) in [5.74, 6) is 0.712. The molecule has 0 spiro atoms. The lowest BCUT2D eigenvalue weighted by Gasteiger charge is -2.16. The molecule has 1 atom stereocenters. The molecular formula is C12H13N3O3. The van der Waals surface area contributed by atoms with E-state index < -0.39 is 0 Å². The number of rotatable bonds is 3. The van der Waals surface area contributed by atoms with Gasteiger partial charge in [0.1, 0.15) is 23.2 Å². The maximum atomic E-state index is 11.8. The summed E-state index contributed by atoms with van der Waals surface area (Å²) in [5, 5.41) is 17.9. The molecule has 1 aromatic rings. The van der Waals surface area contributed by atoms with Gasteiger partial charge >= 0.3 is 0 Å². The smallest absolute Gasteiger partial charge is 0.228 e. The molecule has 0 aliphatic carbocycles. The summed E-state index contributed by atoms with van der Waals surface area (Å²) in [6, 6.07) is 3.53. The average molecular weight is 247 g/mol. The van der Waals surface area contributed by atoms with Gasteiger partial charge in [-0.05, 0) is 0 Å². The zero-order chi connectivity index (χ0) is 13.1. The second kappa shape index (κ2) is 5.02. The molecule has 1 aliphatic heterocycles. The maximum Gasteiger partial charge on any atom is 0.228 e. The van der Waals surface area contributed by atoms with Gasteiger partial charge < -0.3 is 9.84 Å². The number of aliphatic hydroxyl groups excluding tert-OH is 1. The Morgan fingerprint density at radius 3 is 3.06 bits per heavy atom. The Kier molecular flexibility index (Phi) is 3.44. The second-order valence-corrected chi connectivity index (χ2v) is 4.11. The first-order valence-corrected chi connectivity index (χ1v) is 5.55. The van der Waals surface area contributed by atoms with Gasteiger partial charge in [-0.3, -0.25) is 9.69 Å². The van der Waals surface area contributed by atoms with Crippen molar-refractivity contribution in [2.24, 2.45) is 5.92 Å². The Morgan fingerprint density at radius 2 is 2.50 bits per heavy atom. The quantitative estimate of drug-likeness (QED) is 0.830. The molecule has 1 amide bonds. The molecule has 1 N–H and O–H groups in total. The van der Waals surface area contributed by atoms with Crippen molar-refractivity contribution in [2.45, 2.75) is 6.42 Å². The van der Waals surface area contributed by atoms with Crippen LogP contribution < -0.4 is 9.64 Å². The van der Waals surface area contributed by atoms with Gasteiger partial charge in [0.05, 0.1) is 13.3 Å². The summed E-state index contributed by atoms with van der Waals surface area (Å²) in [5.41, 5.74) is 0.326. The van der Waals surface area contributed by atoms with E-state index in [1.165, 1.54) is 18.2 Å². The van der Waals surface area contributed by atoms with E-state index in [9.17, 15) is 4.79 Å². The van der Waals surface area contributed by atoms with E-state index in [4.69, 9.17) is 15.1 Å². The number of nitrogens with zero attached hydrogens (tertiary/aromatic N) is 3. The Balaban J connectivity index is 2.30. The van der Waals surface area contributed by atoms with Crippen LogP contribution in [-0.4, -0.2) is 36.3 Å². The number of nitriles is 1. The van der Waals surface area contributed by atoms with Crippen LogP contribution in [0, 0.1) is 17.2 Å². The highest BCUT2D eigenvalue weighted by atomic mass is 16.5. The minimum absolute atomic E-state index is 0.0182. The van der Waals surface area contributed by atoms with E-state index in [1.807, 2.05) is 6.07 Å². The van der Waals surface area contributed by atoms with Gasteiger partial charge in [0, 0.05) is 31.6 Å². The minimum Gasteiger partial charge on any atom is -0.495 e. The summed E-state index contributed by atoms with van der Waals surface area (Å²) in [4.78, 5) is 17.4. The lowest BCUT2D eigenvalue weighted by Crippen LogP contribution is -2.25. The second-order valence-electron chi connectivity index (χ2n) is 4.11. The summed E-state index contributed by atoms with van der Waals surface area (Å²) < 4.78 is 5.08. The van der Waals surface area contributed by atoms with Crippen LogP contribution in [0.25, 0.3) is 0 Å². The molecule has 2 rings (SSSR count). The van der Waals surface area contributed by atoms with Crippen molar-refractivity contribution < 1.29 is 14.6 Å². The number of amides is 1. The van der Waals surface area contributed by atoms with Gasteiger partial charge in [0.15, 0.2) is 0 Å². The van der Waals surface area contributed by atoms with Crippen LogP contribution in [0.4, 0.5) is 5.82 Å². The molecule has 94 valence electrons. The predicted octanol–water partition coefficient (Wildman–Crippen LogP) is 0.307. The SMILES string of the molecule is COc1cc(N2CC(CO)CC2=O)ncc1C#N. The van der Waals surface area contributed by atoms with Crippen LogP contribution in [0.5, 0.6) is 5.75 Å². The van der Waals surface area contributed by atoms with Gasteiger partial charge in [-0.15, -0.1) is 0 Å². The van der Waals surface area contributed by atoms with E-state index in [0.717, 1.165) is 0 Å². The highest BCUT2D eigenvalue weighted by Gasteiger charge is 2.31. The van der Waals surface area contributed by atoms with Crippen molar-refractivity contribution in [1.29, 1.82) is 5.26 Å². The summed E-state index contributed by atoms with van der Waals surface area (Å²) in [6.45, 7) is 0.424. The standard InChI is InChI=1S/C12H13N3O3/c1-18-10-3-11(14-5-9(10)4-13)15-6-8(7-16)2-12(15)17/h3,5,8,16H,2,6-7H2,1H3. The van der Waals surface area contributed by atoms with Gasteiger partial charge in [0.25, 0.3) is 0 Å². The van der Waals surface area contributed by atoms with Crippen molar-refractivity contribution in [2.75, 3.05) is 25.2 Å². The first kappa shape index (κ1) is 12.3. The van der Waals surface area contributed by atoms with Gasteiger partial charge in [-0.1, -0.05) is 0 Å². The lowest BCUT2D eigenvalue weighted by atomic mass is 10.1. The third-order valence-corrected chi connectivity index (χ3v) is 2.93. The summed E-state index contributed by atoms with van der Waals surface area (Å²) in [6.07, 6.45) is 1.70. The van der Waals surface area contributed by atoms with E-state index >= 15 is 0 Å². The van der Waals surface area contributed by atoms with Gasteiger partial charge in [-0.25, -0.2) is 4.98 Å². The molecule has 0 bridgehead atoms. The molecule has 1 fully saturated rings. The monoisotopic (exact) mass is 247 g/mol. The molecule has 1 saturated heterocycles. The molecule has 1 aromatic heterocycles. The van der Waals surface area contributed by atoms with Crippen molar-refractivity contribution >= 4 is 11.7 Å². The highest BCUT2D eigenvalue weighted by molar-refractivity contribution is 5.95. The third kappa shape index (κ3) is 2.13. The van der Waals surface area contributed by atoms with Crippen LogP contribution in [0.1, 0.15) is 12.0 Å². The number of ether oxygens (including phenoxy) is 1. The zero-order valence-electron chi connectivity index (χ0n) is 9.96. The zero-order valence-corrected chi connectivity index (χ0v) is 9.96. The highest BCUT2D eigenvalue weighted by Crippen LogP contribution is 2.27. The lowest BCUT2D eigenvalue weighted by molar-refractivity contribution is -0.117. The molecule has 1 unspecified atom stereocenters. The van der Waals surface area contributed by atoms with Crippen molar-refractivity contribution in [3.05, 3.63) is 17.8 Å². The van der Waals surface area contributed by atoms with Crippen LogP contribution >= 0.6 is 0 Å². The summed E-state index contributed by atoms with van der Waals surface area (Å²) >= 11 is 0. The molecule has 0 radical (unpaired) electrons. The van der Waals surface area contributed by atoms with E-state index in [0.29, 0.717) is 30.1 Å². The fourth-order valence-electron chi connectivity index (χ4n) is 1.95. The van der Waals surface area contributed by atoms with E-state index in [-0.39, 0.29) is 18.4 Å². The number of hydrogen-bond donors (Lipinski definition) is 1. The average Bonchev–Trinajstić information content (AvgIpc) is 2.79. The van der Waals surface area contributed by atoms with Crippen LogP contribution in [-0.2, 0) is 4.79 Å². The van der Waals surface area contributed by atoms with Crippen molar-refractivity contribution in [3.63, 3.8) is 0 Å². The topological polar surface area (TPSA) is 86.5 Å². The van der Waals surface area contributed by atoms with Gasteiger partial charge in [0.2, 0.25) is 5.91 Å².